The van der Waals surface area contributed by atoms with Crippen molar-refractivity contribution in [2.24, 2.45) is 0 Å². The first kappa shape index (κ1) is 10.6. The minimum atomic E-state index is -0.835. The molecule has 1 aromatic heterocycles. The van der Waals surface area contributed by atoms with Crippen molar-refractivity contribution in [2.75, 3.05) is 0 Å². The van der Waals surface area contributed by atoms with Crippen molar-refractivity contribution in [3.05, 3.63) is 26.4 Å². The third kappa shape index (κ3) is 1.71. The normalized spacial score (nSPS) is 11.6. The van der Waals surface area contributed by atoms with E-state index in [1.807, 2.05) is 20.8 Å². The third-order valence-electron chi connectivity index (χ3n) is 2.47. The molecule has 0 saturated carbocycles. The van der Waals surface area contributed by atoms with Crippen LogP contribution in [0, 0.1) is 0 Å². The van der Waals surface area contributed by atoms with E-state index < -0.39 is 11.1 Å². The Morgan fingerprint density at radius 3 is 2.21 bits per heavy atom. The van der Waals surface area contributed by atoms with E-state index in [0.29, 0.717) is 5.69 Å². The molecule has 0 bridgehead atoms. The fraction of sp³-hybridized carbons (Fsp3) is 0.556. The Bertz CT molecular complexity index is 442. The van der Waals surface area contributed by atoms with Crippen LogP contribution in [0.5, 0.6) is 5.88 Å². The molecular weight excluding hydrogens is 184 g/mol. The predicted molar refractivity (Wildman–Crippen MR) is 52.7 cm³/mol. The second-order valence-electron chi connectivity index (χ2n) is 3.87. The first-order valence-corrected chi connectivity index (χ1v) is 4.44. The van der Waals surface area contributed by atoms with Crippen molar-refractivity contribution in [3.8, 4) is 5.88 Å². The SMILES string of the molecule is CCC(C)(C)c1[nH]c(=O)c(=O)[nH]c1O. The molecule has 0 aromatic carbocycles. The Balaban J connectivity index is 3.44. The number of rotatable bonds is 2. The molecular formula is C9H14N2O3. The van der Waals surface area contributed by atoms with E-state index in [0.717, 1.165) is 6.42 Å². The van der Waals surface area contributed by atoms with Gasteiger partial charge in [0.15, 0.2) is 0 Å². The molecule has 0 amide bonds. The molecule has 78 valence electrons. The van der Waals surface area contributed by atoms with E-state index in [2.05, 4.69) is 9.97 Å². The molecule has 0 radical (unpaired) electrons. The number of aromatic nitrogens is 2. The van der Waals surface area contributed by atoms with Crippen LogP contribution in [0.2, 0.25) is 0 Å². The Labute approximate surface area is 80.8 Å². The van der Waals surface area contributed by atoms with E-state index in [9.17, 15) is 14.7 Å². The zero-order valence-corrected chi connectivity index (χ0v) is 8.47. The molecule has 3 N–H and O–H groups in total. The van der Waals surface area contributed by atoms with Gasteiger partial charge in [-0.25, -0.2) is 0 Å². The summed E-state index contributed by atoms with van der Waals surface area (Å²) in [5, 5.41) is 9.46. The van der Waals surface area contributed by atoms with Gasteiger partial charge in [-0.15, -0.1) is 0 Å². The van der Waals surface area contributed by atoms with Crippen LogP contribution in [0.3, 0.4) is 0 Å². The summed E-state index contributed by atoms with van der Waals surface area (Å²) >= 11 is 0. The molecule has 0 unspecified atom stereocenters. The van der Waals surface area contributed by atoms with Crippen LogP contribution in [0.25, 0.3) is 0 Å². The maximum absolute atomic E-state index is 11.0. The molecule has 0 atom stereocenters. The van der Waals surface area contributed by atoms with Crippen LogP contribution in [-0.2, 0) is 5.41 Å². The summed E-state index contributed by atoms with van der Waals surface area (Å²) in [6.07, 6.45) is 0.739. The summed E-state index contributed by atoms with van der Waals surface area (Å²) in [5.74, 6) is -0.263. The molecule has 0 saturated heterocycles. The minimum Gasteiger partial charge on any atom is -0.493 e. The van der Waals surface area contributed by atoms with Crippen molar-refractivity contribution in [1.29, 1.82) is 0 Å². The molecule has 14 heavy (non-hydrogen) atoms. The molecule has 0 aliphatic carbocycles. The van der Waals surface area contributed by atoms with E-state index in [1.54, 1.807) is 0 Å². The van der Waals surface area contributed by atoms with Crippen molar-refractivity contribution in [2.45, 2.75) is 32.6 Å². The maximum atomic E-state index is 11.0. The lowest BCUT2D eigenvalue weighted by atomic mass is 9.86. The second kappa shape index (κ2) is 3.32. The predicted octanol–water partition coefficient (Wildman–Crippen LogP) is 0.456. The largest absolute Gasteiger partial charge is 0.493 e. The molecule has 5 heteroatoms. The number of H-pyrrole nitrogens is 2. The van der Waals surface area contributed by atoms with Crippen LogP contribution >= 0.6 is 0 Å². The molecule has 0 fully saturated rings. The van der Waals surface area contributed by atoms with Crippen LogP contribution in [0.15, 0.2) is 9.59 Å². The van der Waals surface area contributed by atoms with Crippen LogP contribution in [-0.4, -0.2) is 15.1 Å². The quantitative estimate of drug-likeness (QED) is 0.603. The number of aromatic hydroxyl groups is 1. The highest BCUT2D eigenvalue weighted by molar-refractivity contribution is 5.23. The van der Waals surface area contributed by atoms with Gasteiger partial charge in [0, 0.05) is 5.41 Å². The summed E-state index contributed by atoms with van der Waals surface area (Å²) in [5.41, 5.74) is -1.57. The Morgan fingerprint density at radius 2 is 1.71 bits per heavy atom. The smallest absolute Gasteiger partial charge is 0.316 e. The summed E-state index contributed by atoms with van der Waals surface area (Å²) < 4.78 is 0. The molecule has 0 aliphatic heterocycles. The Morgan fingerprint density at radius 1 is 1.21 bits per heavy atom. The summed E-state index contributed by atoms with van der Waals surface area (Å²) in [6, 6.07) is 0. The van der Waals surface area contributed by atoms with Gasteiger partial charge in [0.05, 0.1) is 5.69 Å². The van der Waals surface area contributed by atoms with Crippen LogP contribution < -0.4 is 11.1 Å². The number of hydrogen-bond acceptors (Lipinski definition) is 3. The minimum absolute atomic E-state index is 0.263. The molecule has 1 rings (SSSR count). The topological polar surface area (TPSA) is 86.0 Å². The molecule has 1 aromatic rings. The van der Waals surface area contributed by atoms with Gasteiger partial charge in [-0.1, -0.05) is 20.8 Å². The van der Waals surface area contributed by atoms with Gasteiger partial charge in [0.25, 0.3) is 0 Å². The van der Waals surface area contributed by atoms with Crippen LogP contribution in [0.4, 0.5) is 0 Å². The molecule has 0 aliphatic rings. The maximum Gasteiger partial charge on any atom is 0.316 e. The van der Waals surface area contributed by atoms with Crippen LogP contribution in [0.1, 0.15) is 32.9 Å². The van der Waals surface area contributed by atoms with Gasteiger partial charge in [0.1, 0.15) is 0 Å². The Kier molecular flexibility index (Phi) is 2.51. The second-order valence-corrected chi connectivity index (χ2v) is 3.87. The summed E-state index contributed by atoms with van der Waals surface area (Å²) in [6.45, 7) is 5.68. The lowest BCUT2D eigenvalue weighted by molar-refractivity contribution is 0.397. The highest BCUT2D eigenvalue weighted by atomic mass is 16.3. The lowest BCUT2D eigenvalue weighted by Crippen LogP contribution is -2.33. The van der Waals surface area contributed by atoms with Gasteiger partial charge >= 0.3 is 11.1 Å². The zero-order valence-electron chi connectivity index (χ0n) is 8.47. The molecule has 1 heterocycles. The third-order valence-corrected chi connectivity index (χ3v) is 2.47. The standard InChI is InChI=1S/C9H14N2O3/c1-4-9(2,3)5-6(12)11-8(14)7(13)10-5/h4H2,1-3H3,(H,10,13)(H2,11,12,14). The van der Waals surface area contributed by atoms with Crippen molar-refractivity contribution < 1.29 is 5.11 Å². The fourth-order valence-electron chi connectivity index (χ4n) is 1.12. The van der Waals surface area contributed by atoms with E-state index in [1.165, 1.54) is 0 Å². The monoisotopic (exact) mass is 198 g/mol. The highest BCUT2D eigenvalue weighted by Gasteiger charge is 2.23. The van der Waals surface area contributed by atoms with E-state index in [4.69, 9.17) is 0 Å². The fourth-order valence-corrected chi connectivity index (χ4v) is 1.12. The number of nitrogens with one attached hydrogen (secondary N) is 2. The zero-order chi connectivity index (χ0) is 10.9. The summed E-state index contributed by atoms with van der Waals surface area (Å²) in [7, 11) is 0. The van der Waals surface area contributed by atoms with Crippen molar-refractivity contribution in [3.63, 3.8) is 0 Å². The van der Waals surface area contributed by atoms with E-state index >= 15 is 0 Å². The first-order chi connectivity index (χ1) is 6.38. The van der Waals surface area contributed by atoms with Gasteiger partial charge < -0.3 is 10.1 Å². The first-order valence-electron chi connectivity index (χ1n) is 4.44. The Hall–Kier alpha value is -1.52. The molecule has 5 nitrogen and oxygen atoms in total. The average molecular weight is 198 g/mol. The average Bonchev–Trinajstić information content (AvgIpc) is 2.11. The van der Waals surface area contributed by atoms with Gasteiger partial charge in [-0.05, 0) is 6.42 Å². The summed E-state index contributed by atoms with van der Waals surface area (Å²) in [4.78, 5) is 26.4. The number of aromatic amines is 2. The number of hydrogen-bond donors (Lipinski definition) is 3. The van der Waals surface area contributed by atoms with Crippen molar-refractivity contribution >= 4 is 0 Å². The highest BCUT2D eigenvalue weighted by Crippen LogP contribution is 2.28. The van der Waals surface area contributed by atoms with Crippen molar-refractivity contribution in [1.82, 2.24) is 9.97 Å². The lowest BCUT2D eigenvalue weighted by Gasteiger charge is -2.22. The van der Waals surface area contributed by atoms with E-state index in [-0.39, 0.29) is 11.3 Å². The van der Waals surface area contributed by atoms with Gasteiger partial charge in [-0.3, -0.25) is 14.6 Å². The van der Waals surface area contributed by atoms with Gasteiger partial charge in [-0.2, -0.15) is 0 Å². The molecule has 0 spiro atoms. The van der Waals surface area contributed by atoms with Gasteiger partial charge in [0.2, 0.25) is 5.88 Å².